The summed E-state index contributed by atoms with van der Waals surface area (Å²) in [6, 6.07) is 5.34. The molecule has 1 rings (SSSR count). The molecule has 1 aromatic carbocycles. The number of methoxy groups -OCH3 is 1. The first kappa shape index (κ1) is 14.6. The highest BCUT2D eigenvalue weighted by molar-refractivity contribution is 6.30. The van der Waals surface area contributed by atoms with E-state index < -0.39 is 0 Å². The highest BCUT2D eigenvalue weighted by Crippen LogP contribution is 2.27. The number of rotatable bonds is 7. The van der Waals surface area contributed by atoms with E-state index in [1.165, 1.54) is 0 Å². The van der Waals surface area contributed by atoms with Gasteiger partial charge in [-0.15, -0.1) is 0 Å². The average molecular weight is 271 g/mol. The molecule has 1 amide bonds. The summed E-state index contributed by atoms with van der Waals surface area (Å²) in [6.45, 7) is 3.29. The van der Waals surface area contributed by atoms with E-state index in [-0.39, 0.29) is 5.91 Å². The maximum Gasteiger partial charge on any atom is 0.221 e. The monoisotopic (exact) mass is 270 g/mol. The summed E-state index contributed by atoms with van der Waals surface area (Å²) in [7, 11) is 1.60. The van der Waals surface area contributed by atoms with Crippen LogP contribution in [-0.2, 0) is 4.79 Å². The summed E-state index contributed by atoms with van der Waals surface area (Å²) in [6.07, 6.45) is 1.37. The molecule has 18 heavy (non-hydrogen) atoms. The van der Waals surface area contributed by atoms with Gasteiger partial charge in [-0.3, -0.25) is 4.79 Å². The molecule has 4 nitrogen and oxygen atoms in total. The summed E-state index contributed by atoms with van der Waals surface area (Å²) < 4.78 is 5.20. The van der Waals surface area contributed by atoms with Gasteiger partial charge in [0, 0.05) is 24.5 Å². The lowest BCUT2D eigenvalue weighted by Crippen LogP contribution is -2.25. The van der Waals surface area contributed by atoms with Gasteiger partial charge >= 0.3 is 0 Å². The van der Waals surface area contributed by atoms with Crippen molar-refractivity contribution in [2.45, 2.75) is 19.8 Å². The molecule has 0 aromatic heterocycles. The Morgan fingerprint density at radius 2 is 2.17 bits per heavy atom. The average Bonchev–Trinajstić information content (AvgIpc) is 2.36. The number of benzene rings is 1. The van der Waals surface area contributed by atoms with Crippen LogP contribution in [0.4, 0.5) is 5.69 Å². The van der Waals surface area contributed by atoms with Crippen LogP contribution in [-0.4, -0.2) is 26.1 Å². The van der Waals surface area contributed by atoms with Crippen molar-refractivity contribution in [1.82, 2.24) is 5.32 Å². The van der Waals surface area contributed by atoms with E-state index in [9.17, 15) is 4.79 Å². The smallest absolute Gasteiger partial charge is 0.221 e. The third kappa shape index (κ3) is 4.84. The maximum atomic E-state index is 11.4. The zero-order chi connectivity index (χ0) is 13.4. The Labute approximate surface area is 113 Å². The molecule has 0 fully saturated rings. The number of amides is 1. The molecular formula is C13H19ClN2O2. The predicted molar refractivity (Wildman–Crippen MR) is 74.4 cm³/mol. The third-order valence-corrected chi connectivity index (χ3v) is 2.64. The van der Waals surface area contributed by atoms with Crippen LogP contribution in [0.25, 0.3) is 0 Å². The molecule has 0 aliphatic rings. The van der Waals surface area contributed by atoms with Crippen LogP contribution < -0.4 is 15.4 Å². The maximum absolute atomic E-state index is 11.4. The Morgan fingerprint density at radius 3 is 2.83 bits per heavy atom. The van der Waals surface area contributed by atoms with Gasteiger partial charge < -0.3 is 15.4 Å². The van der Waals surface area contributed by atoms with Gasteiger partial charge in [-0.2, -0.15) is 0 Å². The van der Waals surface area contributed by atoms with E-state index >= 15 is 0 Å². The van der Waals surface area contributed by atoms with Crippen LogP contribution in [0.5, 0.6) is 5.75 Å². The number of anilines is 1. The zero-order valence-corrected chi connectivity index (χ0v) is 11.5. The molecule has 0 spiro atoms. The lowest BCUT2D eigenvalue weighted by Gasteiger charge is -2.11. The van der Waals surface area contributed by atoms with Crippen LogP contribution in [0, 0.1) is 0 Å². The first-order valence-corrected chi connectivity index (χ1v) is 6.39. The van der Waals surface area contributed by atoms with Crippen molar-refractivity contribution < 1.29 is 9.53 Å². The van der Waals surface area contributed by atoms with E-state index in [0.717, 1.165) is 18.7 Å². The summed E-state index contributed by atoms with van der Waals surface area (Å²) in [4.78, 5) is 11.4. The van der Waals surface area contributed by atoms with Gasteiger partial charge in [0.2, 0.25) is 5.91 Å². The molecule has 0 heterocycles. The van der Waals surface area contributed by atoms with Crippen molar-refractivity contribution in [2.75, 3.05) is 25.5 Å². The summed E-state index contributed by atoms with van der Waals surface area (Å²) in [5, 5.41) is 6.60. The van der Waals surface area contributed by atoms with E-state index in [1.807, 2.05) is 6.92 Å². The second-order valence-electron chi connectivity index (χ2n) is 3.87. The topological polar surface area (TPSA) is 50.4 Å². The first-order chi connectivity index (χ1) is 8.67. The molecule has 0 aliphatic heterocycles. The Hall–Kier alpha value is -1.42. The quantitative estimate of drug-likeness (QED) is 0.801. The van der Waals surface area contributed by atoms with Crippen molar-refractivity contribution in [3.63, 3.8) is 0 Å². The van der Waals surface area contributed by atoms with Gasteiger partial charge in [-0.25, -0.2) is 0 Å². The molecule has 5 heteroatoms. The molecule has 1 aromatic rings. The molecular weight excluding hydrogens is 252 g/mol. The normalized spacial score (nSPS) is 9.94. The minimum absolute atomic E-state index is 0.0466. The molecule has 0 unspecified atom stereocenters. The second-order valence-corrected chi connectivity index (χ2v) is 4.31. The fourth-order valence-corrected chi connectivity index (χ4v) is 1.65. The number of carbonyl (C=O) groups excluding carboxylic acids is 1. The molecule has 0 aliphatic carbocycles. The van der Waals surface area contributed by atoms with Crippen molar-refractivity contribution in [3.05, 3.63) is 23.2 Å². The third-order valence-electron chi connectivity index (χ3n) is 2.40. The standard InChI is InChI=1S/C13H19ClN2O2/c1-3-7-16-13(17)6-8-15-11-9-10(14)4-5-12(11)18-2/h4-5,9,15H,3,6-8H2,1-2H3,(H,16,17). The van der Waals surface area contributed by atoms with Crippen LogP contribution in [0.3, 0.4) is 0 Å². The zero-order valence-electron chi connectivity index (χ0n) is 10.8. The lowest BCUT2D eigenvalue weighted by molar-refractivity contribution is -0.120. The SMILES string of the molecule is CCCNC(=O)CCNc1cc(Cl)ccc1OC. The fourth-order valence-electron chi connectivity index (χ4n) is 1.48. The molecule has 0 atom stereocenters. The van der Waals surface area contributed by atoms with E-state index in [1.54, 1.807) is 25.3 Å². The molecule has 100 valence electrons. The number of nitrogens with one attached hydrogen (secondary N) is 2. The van der Waals surface area contributed by atoms with Crippen molar-refractivity contribution in [3.8, 4) is 5.75 Å². The Kier molecular flexibility index (Phi) is 6.36. The van der Waals surface area contributed by atoms with E-state index in [4.69, 9.17) is 16.3 Å². The van der Waals surface area contributed by atoms with Gasteiger partial charge in [0.1, 0.15) is 5.75 Å². The molecule has 2 N–H and O–H groups in total. The Balaban J connectivity index is 2.43. The highest BCUT2D eigenvalue weighted by Gasteiger charge is 2.04. The van der Waals surface area contributed by atoms with Gasteiger partial charge in [-0.1, -0.05) is 18.5 Å². The van der Waals surface area contributed by atoms with Crippen LogP contribution in [0.1, 0.15) is 19.8 Å². The van der Waals surface area contributed by atoms with E-state index in [0.29, 0.717) is 23.7 Å². The van der Waals surface area contributed by atoms with E-state index in [2.05, 4.69) is 10.6 Å². The number of carbonyl (C=O) groups is 1. The number of halogens is 1. The highest BCUT2D eigenvalue weighted by atomic mass is 35.5. The van der Waals surface area contributed by atoms with Crippen molar-refractivity contribution in [2.24, 2.45) is 0 Å². The fraction of sp³-hybridized carbons (Fsp3) is 0.462. The first-order valence-electron chi connectivity index (χ1n) is 6.01. The predicted octanol–water partition coefficient (Wildman–Crippen LogP) is 2.68. The van der Waals surface area contributed by atoms with Gasteiger partial charge in [0.05, 0.1) is 12.8 Å². The summed E-state index contributed by atoms with van der Waals surface area (Å²) in [5.41, 5.74) is 0.799. The van der Waals surface area contributed by atoms with Crippen LogP contribution in [0.2, 0.25) is 5.02 Å². The Morgan fingerprint density at radius 1 is 1.39 bits per heavy atom. The number of hydrogen-bond donors (Lipinski definition) is 2. The van der Waals surface area contributed by atoms with Gasteiger partial charge in [0.15, 0.2) is 0 Å². The lowest BCUT2D eigenvalue weighted by atomic mass is 10.2. The number of hydrogen-bond acceptors (Lipinski definition) is 3. The number of ether oxygens (including phenoxy) is 1. The molecule has 0 saturated heterocycles. The Bertz CT molecular complexity index is 397. The van der Waals surface area contributed by atoms with Crippen molar-refractivity contribution in [1.29, 1.82) is 0 Å². The van der Waals surface area contributed by atoms with Crippen LogP contribution >= 0.6 is 11.6 Å². The minimum Gasteiger partial charge on any atom is -0.495 e. The van der Waals surface area contributed by atoms with Crippen molar-refractivity contribution >= 4 is 23.2 Å². The summed E-state index contributed by atoms with van der Waals surface area (Å²) >= 11 is 5.91. The summed E-state index contributed by atoms with van der Waals surface area (Å²) in [5.74, 6) is 0.763. The minimum atomic E-state index is 0.0466. The van der Waals surface area contributed by atoms with Gasteiger partial charge in [-0.05, 0) is 24.6 Å². The van der Waals surface area contributed by atoms with Gasteiger partial charge in [0.25, 0.3) is 0 Å². The molecule has 0 bridgehead atoms. The second kappa shape index (κ2) is 7.82. The van der Waals surface area contributed by atoms with Crippen LogP contribution in [0.15, 0.2) is 18.2 Å². The molecule has 0 saturated carbocycles. The molecule has 0 radical (unpaired) electrons. The largest absolute Gasteiger partial charge is 0.495 e.